The number of methoxy groups -OCH3 is 2. The molecule has 3 atom stereocenters. The van der Waals surface area contributed by atoms with Crippen LogP contribution in [0.15, 0.2) is 71.6 Å². The monoisotopic (exact) mass is 530 g/mol. The molecule has 0 radical (unpaired) electrons. The van der Waals surface area contributed by atoms with Gasteiger partial charge in [-0.25, -0.2) is 8.42 Å². The van der Waals surface area contributed by atoms with Crippen LogP contribution in [0.25, 0.3) is 0 Å². The van der Waals surface area contributed by atoms with Gasteiger partial charge in [-0.2, -0.15) is 0 Å². The number of hydrogen-bond acceptors (Lipinski definition) is 5. The third kappa shape index (κ3) is 4.22. The standard InChI is InChI=1S/C26H24Cl2N2O4S/c1-33-23-11-4-8-18(26(23)34-2)25-17-7-3-6-16(17)19-14-15(12-13-21(19)29-25)35(31,32)30-22-10-5-9-20(27)24(22)28/h3-6,8-14,16-17,25,29-30H,7H2,1-2H3/t16-,17+,25-/m0/s1. The second kappa shape index (κ2) is 9.30. The van der Waals surface area contributed by atoms with Gasteiger partial charge < -0.3 is 14.8 Å². The first-order chi connectivity index (χ1) is 16.8. The van der Waals surface area contributed by atoms with Gasteiger partial charge in [0.15, 0.2) is 11.5 Å². The van der Waals surface area contributed by atoms with Gasteiger partial charge in [-0.3, -0.25) is 4.72 Å². The Kier molecular flexibility index (Phi) is 6.34. The molecular weight excluding hydrogens is 507 g/mol. The van der Waals surface area contributed by atoms with E-state index < -0.39 is 10.0 Å². The largest absolute Gasteiger partial charge is 0.493 e. The van der Waals surface area contributed by atoms with Gasteiger partial charge in [0.25, 0.3) is 10.0 Å². The van der Waals surface area contributed by atoms with Gasteiger partial charge in [0.2, 0.25) is 0 Å². The van der Waals surface area contributed by atoms with Gasteiger partial charge in [0.1, 0.15) is 0 Å². The lowest BCUT2D eigenvalue weighted by Gasteiger charge is -2.38. The zero-order valence-electron chi connectivity index (χ0n) is 19.1. The number of benzene rings is 3. The van der Waals surface area contributed by atoms with Gasteiger partial charge in [-0.15, -0.1) is 0 Å². The average Bonchev–Trinajstić information content (AvgIpc) is 3.36. The summed E-state index contributed by atoms with van der Waals surface area (Å²) in [6, 6.07) is 15.8. The van der Waals surface area contributed by atoms with Crippen molar-refractivity contribution < 1.29 is 17.9 Å². The molecule has 0 unspecified atom stereocenters. The van der Waals surface area contributed by atoms with Crippen molar-refractivity contribution in [2.45, 2.75) is 23.3 Å². The molecule has 182 valence electrons. The molecule has 5 rings (SSSR count). The third-order valence-corrected chi connectivity index (χ3v) is 8.79. The number of ether oxygens (including phenoxy) is 2. The number of anilines is 2. The number of sulfonamides is 1. The highest BCUT2D eigenvalue weighted by atomic mass is 35.5. The van der Waals surface area contributed by atoms with E-state index in [1.165, 1.54) is 0 Å². The van der Waals surface area contributed by atoms with Crippen molar-refractivity contribution in [3.05, 3.63) is 87.9 Å². The summed E-state index contributed by atoms with van der Waals surface area (Å²) in [6.07, 6.45) is 5.16. The molecule has 0 bridgehead atoms. The summed E-state index contributed by atoms with van der Waals surface area (Å²) in [5.74, 6) is 1.62. The number of allylic oxidation sites excluding steroid dienone is 2. The maximum atomic E-state index is 13.2. The van der Waals surface area contributed by atoms with E-state index in [1.54, 1.807) is 44.6 Å². The Morgan fingerprint density at radius 2 is 1.80 bits per heavy atom. The summed E-state index contributed by atoms with van der Waals surface area (Å²) in [7, 11) is -0.621. The summed E-state index contributed by atoms with van der Waals surface area (Å²) in [4.78, 5) is 0.158. The van der Waals surface area contributed by atoms with Crippen molar-refractivity contribution in [2.24, 2.45) is 5.92 Å². The molecule has 3 aromatic carbocycles. The van der Waals surface area contributed by atoms with Crippen LogP contribution in [0.5, 0.6) is 11.5 Å². The molecule has 0 saturated carbocycles. The topological polar surface area (TPSA) is 76.7 Å². The number of rotatable bonds is 6. The van der Waals surface area contributed by atoms with Crippen molar-refractivity contribution >= 4 is 44.6 Å². The highest BCUT2D eigenvalue weighted by Crippen LogP contribution is 2.52. The van der Waals surface area contributed by atoms with Gasteiger partial charge in [-0.05, 0) is 54.3 Å². The van der Waals surface area contributed by atoms with E-state index in [-0.39, 0.29) is 38.5 Å². The SMILES string of the molecule is COc1cccc([C@H]2Nc3ccc(S(=O)(=O)Nc4cccc(Cl)c4Cl)cc3[C@H]3C=CC[C@H]32)c1OC. The lowest BCUT2D eigenvalue weighted by molar-refractivity contribution is 0.341. The summed E-state index contributed by atoms with van der Waals surface area (Å²) in [5, 5.41) is 4.06. The van der Waals surface area contributed by atoms with E-state index in [9.17, 15) is 8.42 Å². The molecule has 1 heterocycles. The fourth-order valence-corrected chi connectivity index (χ4v) is 6.50. The average molecular weight is 531 g/mol. The second-order valence-electron chi connectivity index (χ2n) is 8.51. The van der Waals surface area contributed by atoms with Crippen LogP contribution in [0.2, 0.25) is 10.0 Å². The Morgan fingerprint density at radius 1 is 1.00 bits per heavy atom. The summed E-state index contributed by atoms with van der Waals surface area (Å²) in [6.45, 7) is 0. The minimum absolute atomic E-state index is 0.0293. The number of hydrogen-bond donors (Lipinski definition) is 2. The Morgan fingerprint density at radius 3 is 2.57 bits per heavy atom. The molecule has 1 aliphatic heterocycles. The maximum Gasteiger partial charge on any atom is 0.261 e. The first-order valence-electron chi connectivity index (χ1n) is 11.1. The van der Waals surface area contributed by atoms with Crippen LogP contribution >= 0.6 is 23.2 Å². The van der Waals surface area contributed by atoms with Crippen molar-refractivity contribution in [3.8, 4) is 11.5 Å². The number of para-hydroxylation sites is 1. The molecule has 6 nitrogen and oxygen atoms in total. The Bertz CT molecular complexity index is 1420. The minimum Gasteiger partial charge on any atom is -0.493 e. The van der Waals surface area contributed by atoms with Crippen molar-refractivity contribution in [2.75, 3.05) is 24.3 Å². The Balaban J connectivity index is 1.52. The van der Waals surface area contributed by atoms with Crippen molar-refractivity contribution in [1.82, 2.24) is 0 Å². The molecule has 9 heteroatoms. The van der Waals surface area contributed by atoms with Crippen LogP contribution in [-0.4, -0.2) is 22.6 Å². The molecule has 35 heavy (non-hydrogen) atoms. The fourth-order valence-electron chi connectivity index (χ4n) is 4.99. The molecule has 0 aromatic heterocycles. The normalized spacial score (nSPS) is 20.5. The lowest BCUT2D eigenvalue weighted by atomic mass is 9.77. The lowest BCUT2D eigenvalue weighted by Crippen LogP contribution is -2.29. The van der Waals surface area contributed by atoms with Crippen molar-refractivity contribution in [1.29, 1.82) is 0 Å². The zero-order chi connectivity index (χ0) is 24.7. The highest BCUT2D eigenvalue weighted by molar-refractivity contribution is 7.92. The summed E-state index contributed by atoms with van der Waals surface area (Å²) < 4.78 is 40.2. The smallest absolute Gasteiger partial charge is 0.261 e. The fraction of sp³-hybridized carbons (Fsp3) is 0.231. The summed E-state index contributed by atoms with van der Waals surface area (Å²) in [5.41, 5.74) is 3.05. The number of nitrogens with one attached hydrogen (secondary N) is 2. The van der Waals surface area contributed by atoms with Gasteiger partial charge >= 0.3 is 0 Å². The molecular formula is C26H24Cl2N2O4S. The first kappa shape index (κ1) is 23.9. The van der Waals surface area contributed by atoms with E-state index in [0.29, 0.717) is 11.5 Å². The molecule has 0 saturated heterocycles. The van der Waals surface area contributed by atoms with E-state index in [4.69, 9.17) is 32.7 Å². The van der Waals surface area contributed by atoms with Crippen molar-refractivity contribution in [3.63, 3.8) is 0 Å². The molecule has 2 N–H and O–H groups in total. The van der Waals surface area contributed by atoms with Crippen LogP contribution in [0, 0.1) is 5.92 Å². The summed E-state index contributed by atoms with van der Waals surface area (Å²) >= 11 is 12.2. The third-order valence-electron chi connectivity index (χ3n) is 6.61. The van der Waals surface area contributed by atoms with E-state index in [2.05, 4.69) is 22.2 Å². The van der Waals surface area contributed by atoms with Gasteiger partial charge in [0, 0.05) is 17.2 Å². The Hall–Kier alpha value is -2.87. The van der Waals surface area contributed by atoms with E-state index in [0.717, 1.165) is 23.2 Å². The Labute approximate surface area is 214 Å². The zero-order valence-corrected chi connectivity index (χ0v) is 21.4. The molecule has 3 aromatic rings. The van der Waals surface area contributed by atoms with Gasteiger partial charge in [0.05, 0.1) is 40.9 Å². The van der Waals surface area contributed by atoms with Crippen LogP contribution in [0.1, 0.15) is 29.5 Å². The quantitative estimate of drug-likeness (QED) is 0.349. The van der Waals surface area contributed by atoms with Crippen LogP contribution < -0.4 is 19.5 Å². The molecule has 0 amide bonds. The second-order valence-corrected chi connectivity index (χ2v) is 11.0. The number of fused-ring (bicyclic) bond motifs is 3. The van der Waals surface area contributed by atoms with E-state index in [1.807, 2.05) is 24.3 Å². The van der Waals surface area contributed by atoms with E-state index >= 15 is 0 Å². The van der Waals surface area contributed by atoms with Gasteiger partial charge in [-0.1, -0.05) is 53.6 Å². The predicted octanol–water partition coefficient (Wildman–Crippen LogP) is 6.64. The molecule has 0 fully saturated rings. The molecule has 0 spiro atoms. The molecule has 2 aliphatic rings. The maximum absolute atomic E-state index is 13.2. The van der Waals surface area contributed by atoms with Crippen LogP contribution in [-0.2, 0) is 10.0 Å². The number of halogens is 2. The molecule has 1 aliphatic carbocycles. The van der Waals surface area contributed by atoms with Crippen LogP contribution in [0.3, 0.4) is 0 Å². The van der Waals surface area contributed by atoms with Crippen LogP contribution in [0.4, 0.5) is 11.4 Å². The first-order valence-corrected chi connectivity index (χ1v) is 13.3. The predicted molar refractivity (Wildman–Crippen MR) is 140 cm³/mol. The highest BCUT2D eigenvalue weighted by Gasteiger charge is 2.40. The minimum atomic E-state index is -3.88.